The summed E-state index contributed by atoms with van der Waals surface area (Å²) in [7, 11) is 0. The van der Waals surface area contributed by atoms with Crippen LogP contribution in [0.5, 0.6) is 0 Å². The van der Waals surface area contributed by atoms with E-state index in [4.69, 9.17) is 9.73 Å². The third-order valence-electron chi connectivity index (χ3n) is 4.15. The molecule has 0 saturated heterocycles. The van der Waals surface area contributed by atoms with Gasteiger partial charge in [-0.05, 0) is 44.7 Å². The summed E-state index contributed by atoms with van der Waals surface area (Å²) in [6.45, 7) is 6.32. The van der Waals surface area contributed by atoms with Crippen LogP contribution in [0.2, 0.25) is 0 Å². The Morgan fingerprint density at radius 1 is 1.19 bits per heavy atom. The second-order valence-corrected chi connectivity index (χ2v) is 5.79. The highest BCUT2D eigenvalue weighted by molar-refractivity contribution is 6.37. The number of aryl methyl sites for hydroxylation is 2. The predicted octanol–water partition coefficient (Wildman–Crippen LogP) is 4.52. The van der Waals surface area contributed by atoms with Gasteiger partial charge in [-0.2, -0.15) is 0 Å². The van der Waals surface area contributed by atoms with E-state index in [0.717, 1.165) is 29.7 Å². The average molecular weight is 287 g/mol. The molecule has 114 valence electrons. The van der Waals surface area contributed by atoms with E-state index in [-0.39, 0.29) is 11.9 Å². The number of nitrogens with zero attached hydrogens (tertiary/aromatic N) is 1. The van der Waals surface area contributed by atoms with Gasteiger partial charge in [0.15, 0.2) is 0 Å². The van der Waals surface area contributed by atoms with Crippen molar-refractivity contribution in [3.05, 3.63) is 29.3 Å². The van der Waals surface area contributed by atoms with Gasteiger partial charge in [0.2, 0.25) is 0 Å². The summed E-state index contributed by atoms with van der Waals surface area (Å²) in [6, 6.07) is 6.10. The smallest absolute Gasteiger partial charge is 0.352 e. The molecule has 0 aliphatic heterocycles. The fourth-order valence-corrected chi connectivity index (χ4v) is 2.99. The Kier molecular flexibility index (Phi) is 5.54. The van der Waals surface area contributed by atoms with Crippen LogP contribution in [0.3, 0.4) is 0 Å². The van der Waals surface area contributed by atoms with E-state index >= 15 is 0 Å². The van der Waals surface area contributed by atoms with Gasteiger partial charge in [-0.1, -0.05) is 37.5 Å². The van der Waals surface area contributed by atoms with Crippen molar-refractivity contribution < 1.29 is 9.53 Å². The molecule has 1 saturated carbocycles. The molecule has 21 heavy (non-hydrogen) atoms. The third-order valence-corrected chi connectivity index (χ3v) is 4.15. The highest BCUT2D eigenvalue weighted by Crippen LogP contribution is 2.29. The van der Waals surface area contributed by atoms with Crippen LogP contribution in [0.4, 0.5) is 5.69 Å². The van der Waals surface area contributed by atoms with Crippen molar-refractivity contribution in [2.45, 2.75) is 52.9 Å². The summed E-state index contributed by atoms with van der Waals surface area (Å²) < 4.78 is 5.24. The Morgan fingerprint density at radius 3 is 2.38 bits per heavy atom. The SMILES string of the molecule is CCOC(=O)C(=Nc1c(C)cccc1C)C1CCCCC1. The van der Waals surface area contributed by atoms with Gasteiger partial charge in [-0.3, -0.25) is 0 Å². The zero-order valence-electron chi connectivity index (χ0n) is 13.3. The van der Waals surface area contributed by atoms with Crippen LogP contribution >= 0.6 is 0 Å². The Bertz CT molecular complexity index is 508. The van der Waals surface area contributed by atoms with E-state index in [1.807, 2.05) is 39.0 Å². The summed E-state index contributed by atoms with van der Waals surface area (Å²) in [4.78, 5) is 17.1. The van der Waals surface area contributed by atoms with Gasteiger partial charge in [0.05, 0.1) is 12.3 Å². The van der Waals surface area contributed by atoms with Crippen LogP contribution in [-0.2, 0) is 9.53 Å². The summed E-state index contributed by atoms with van der Waals surface area (Å²) in [6.07, 6.45) is 5.70. The van der Waals surface area contributed by atoms with E-state index in [0.29, 0.717) is 12.3 Å². The van der Waals surface area contributed by atoms with E-state index in [2.05, 4.69) is 0 Å². The first-order valence-electron chi connectivity index (χ1n) is 7.95. The maximum Gasteiger partial charge on any atom is 0.352 e. The van der Waals surface area contributed by atoms with Gasteiger partial charge in [-0.15, -0.1) is 0 Å². The summed E-state index contributed by atoms with van der Waals surface area (Å²) >= 11 is 0. The van der Waals surface area contributed by atoms with Crippen LogP contribution < -0.4 is 0 Å². The van der Waals surface area contributed by atoms with Crippen molar-refractivity contribution in [2.75, 3.05) is 6.61 Å². The molecule has 0 spiro atoms. The van der Waals surface area contributed by atoms with Crippen LogP contribution in [0.25, 0.3) is 0 Å². The molecule has 1 fully saturated rings. The Hall–Kier alpha value is -1.64. The van der Waals surface area contributed by atoms with E-state index in [1.165, 1.54) is 19.3 Å². The lowest BCUT2D eigenvalue weighted by Crippen LogP contribution is -2.27. The number of aliphatic imine (C=N–C) groups is 1. The maximum absolute atomic E-state index is 12.3. The lowest BCUT2D eigenvalue weighted by molar-refractivity contribution is -0.135. The second-order valence-electron chi connectivity index (χ2n) is 5.79. The van der Waals surface area contributed by atoms with E-state index in [1.54, 1.807) is 0 Å². The normalized spacial score (nSPS) is 16.8. The molecular weight excluding hydrogens is 262 g/mol. The first kappa shape index (κ1) is 15.7. The first-order valence-corrected chi connectivity index (χ1v) is 7.95. The number of hydrogen-bond donors (Lipinski definition) is 0. The minimum atomic E-state index is -0.243. The van der Waals surface area contributed by atoms with Crippen molar-refractivity contribution in [2.24, 2.45) is 10.9 Å². The number of carbonyl (C=O) groups is 1. The van der Waals surface area contributed by atoms with Crippen molar-refractivity contribution in [3.63, 3.8) is 0 Å². The van der Waals surface area contributed by atoms with Crippen LogP contribution in [0, 0.1) is 19.8 Å². The van der Waals surface area contributed by atoms with Gasteiger partial charge < -0.3 is 4.74 Å². The Balaban J connectivity index is 2.38. The van der Waals surface area contributed by atoms with Crippen LogP contribution in [0.15, 0.2) is 23.2 Å². The topological polar surface area (TPSA) is 38.7 Å². The van der Waals surface area contributed by atoms with Crippen LogP contribution in [-0.4, -0.2) is 18.3 Å². The average Bonchev–Trinajstić information content (AvgIpc) is 2.48. The highest BCUT2D eigenvalue weighted by atomic mass is 16.5. The third kappa shape index (κ3) is 3.93. The largest absolute Gasteiger partial charge is 0.461 e. The second kappa shape index (κ2) is 7.39. The summed E-state index contributed by atoms with van der Waals surface area (Å²) in [5.74, 6) is 0.00357. The van der Waals surface area contributed by atoms with Gasteiger partial charge in [-0.25, -0.2) is 9.79 Å². The van der Waals surface area contributed by atoms with E-state index < -0.39 is 0 Å². The minimum Gasteiger partial charge on any atom is -0.461 e. The Labute approximate surface area is 127 Å². The van der Waals surface area contributed by atoms with Gasteiger partial charge >= 0.3 is 5.97 Å². The molecule has 0 radical (unpaired) electrons. The molecule has 3 nitrogen and oxygen atoms in total. The molecule has 0 bridgehead atoms. The molecule has 2 rings (SSSR count). The zero-order valence-corrected chi connectivity index (χ0v) is 13.3. The number of ether oxygens (including phenoxy) is 1. The van der Waals surface area contributed by atoms with Gasteiger partial charge in [0, 0.05) is 5.92 Å². The Morgan fingerprint density at radius 2 is 1.81 bits per heavy atom. The van der Waals surface area contributed by atoms with Crippen molar-refractivity contribution in [3.8, 4) is 0 Å². The highest BCUT2D eigenvalue weighted by Gasteiger charge is 2.26. The van der Waals surface area contributed by atoms with Gasteiger partial charge in [0.25, 0.3) is 0 Å². The number of carbonyl (C=O) groups excluding carboxylic acids is 1. The lowest BCUT2D eigenvalue weighted by atomic mass is 9.85. The maximum atomic E-state index is 12.3. The van der Waals surface area contributed by atoms with Crippen LogP contribution in [0.1, 0.15) is 50.2 Å². The zero-order chi connectivity index (χ0) is 15.2. The molecular formula is C18H25NO2. The number of para-hydroxylation sites is 1. The lowest BCUT2D eigenvalue weighted by Gasteiger charge is -2.22. The molecule has 3 heteroatoms. The minimum absolute atomic E-state index is 0.243. The van der Waals surface area contributed by atoms with Crippen molar-refractivity contribution >= 4 is 17.4 Å². The number of esters is 1. The first-order chi connectivity index (χ1) is 10.1. The van der Waals surface area contributed by atoms with Crippen molar-refractivity contribution in [1.82, 2.24) is 0 Å². The predicted molar refractivity (Wildman–Crippen MR) is 86.2 cm³/mol. The molecule has 1 aliphatic rings. The summed E-state index contributed by atoms with van der Waals surface area (Å²) in [5, 5.41) is 0. The molecule has 0 N–H and O–H groups in total. The number of benzene rings is 1. The molecule has 0 heterocycles. The molecule has 0 unspecified atom stereocenters. The molecule has 0 atom stereocenters. The van der Waals surface area contributed by atoms with Gasteiger partial charge in [0.1, 0.15) is 5.71 Å². The molecule has 1 aromatic carbocycles. The standard InChI is InChI=1S/C18H25NO2/c1-4-21-18(20)17(15-11-6-5-7-12-15)19-16-13(2)9-8-10-14(16)3/h8-10,15H,4-7,11-12H2,1-3H3. The molecule has 1 aromatic rings. The molecule has 0 amide bonds. The summed E-state index contributed by atoms with van der Waals surface area (Å²) in [5.41, 5.74) is 3.75. The number of hydrogen-bond acceptors (Lipinski definition) is 3. The fraction of sp³-hybridized carbons (Fsp3) is 0.556. The number of rotatable bonds is 4. The van der Waals surface area contributed by atoms with E-state index in [9.17, 15) is 4.79 Å². The van der Waals surface area contributed by atoms with Crippen molar-refractivity contribution in [1.29, 1.82) is 0 Å². The quantitative estimate of drug-likeness (QED) is 0.603. The molecule has 1 aliphatic carbocycles. The fourth-order valence-electron chi connectivity index (χ4n) is 2.99. The molecule has 0 aromatic heterocycles. The monoisotopic (exact) mass is 287 g/mol.